The number of amides is 2. The van der Waals surface area contributed by atoms with Crippen LogP contribution in [0.3, 0.4) is 0 Å². The van der Waals surface area contributed by atoms with Crippen LogP contribution in [0.1, 0.15) is 27.0 Å². The number of aromatic nitrogens is 1. The van der Waals surface area contributed by atoms with Gasteiger partial charge in [0.2, 0.25) is 5.91 Å². The molecular formula is C19H19N3O3S2. The Kier molecular flexibility index (Phi) is 5.88. The zero-order chi connectivity index (χ0) is 19.4. The van der Waals surface area contributed by atoms with Gasteiger partial charge in [-0.15, -0.1) is 22.7 Å². The molecule has 0 atom stereocenters. The van der Waals surface area contributed by atoms with Gasteiger partial charge in [0.05, 0.1) is 24.2 Å². The van der Waals surface area contributed by atoms with E-state index in [1.807, 2.05) is 19.1 Å². The van der Waals surface area contributed by atoms with Crippen molar-refractivity contribution in [1.29, 1.82) is 0 Å². The van der Waals surface area contributed by atoms with Crippen LogP contribution in [0.2, 0.25) is 0 Å². The summed E-state index contributed by atoms with van der Waals surface area (Å²) in [4.78, 5) is 31.1. The number of carbonyl (C=O) groups is 2. The van der Waals surface area contributed by atoms with Crippen LogP contribution < -0.4 is 15.4 Å². The number of ether oxygens (including phenoxy) is 1. The highest BCUT2D eigenvalue weighted by Gasteiger charge is 2.15. The van der Waals surface area contributed by atoms with Gasteiger partial charge in [0.25, 0.3) is 5.91 Å². The Bertz CT molecular complexity index is 978. The van der Waals surface area contributed by atoms with E-state index in [1.165, 1.54) is 18.3 Å². The van der Waals surface area contributed by atoms with Crippen molar-refractivity contribution in [1.82, 2.24) is 10.3 Å². The van der Waals surface area contributed by atoms with E-state index in [1.54, 1.807) is 42.7 Å². The smallest absolute Gasteiger partial charge is 0.257 e. The number of thiophene rings is 1. The molecule has 0 aliphatic carbocycles. The van der Waals surface area contributed by atoms with Crippen LogP contribution in [0.4, 0.5) is 5.13 Å². The van der Waals surface area contributed by atoms with Crippen LogP contribution in [0.15, 0.2) is 36.4 Å². The average Bonchev–Trinajstić information content (AvgIpc) is 3.26. The maximum absolute atomic E-state index is 12.5. The molecule has 0 radical (unpaired) electrons. The Morgan fingerprint density at radius 3 is 2.74 bits per heavy atom. The highest BCUT2D eigenvalue weighted by atomic mass is 32.1. The number of aryl methyl sites for hydroxylation is 1. The average molecular weight is 402 g/mol. The van der Waals surface area contributed by atoms with E-state index in [0.717, 1.165) is 20.3 Å². The summed E-state index contributed by atoms with van der Waals surface area (Å²) >= 11 is 3.01. The molecule has 6 nitrogen and oxygen atoms in total. The molecule has 0 aliphatic heterocycles. The van der Waals surface area contributed by atoms with Crippen molar-refractivity contribution in [3.05, 3.63) is 51.7 Å². The SMILES string of the molecule is COc1cccc(C(=O)Nc2nc(-c3ccc(CNC(C)=O)s3)c(C)s2)c1. The predicted molar refractivity (Wildman–Crippen MR) is 109 cm³/mol. The third kappa shape index (κ3) is 4.72. The molecule has 0 unspecified atom stereocenters. The molecular weight excluding hydrogens is 382 g/mol. The zero-order valence-corrected chi connectivity index (χ0v) is 16.8. The molecule has 2 amide bonds. The minimum absolute atomic E-state index is 0.0580. The molecule has 2 heterocycles. The maximum Gasteiger partial charge on any atom is 0.257 e. The topological polar surface area (TPSA) is 80.3 Å². The summed E-state index contributed by atoms with van der Waals surface area (Å²) in [5, 5.41) is 6.18. The number of carbonyl (C=O) groups excluding carboxylic acids is 2. The lowest BCUT2D eigenvalue weighted by molar-refractivity contribution is -0.119. The first kappa shape index (κ1) is 19.1. The standard InChI is InChI=1S/C19H19N3O3S2/c1-11-17(16-8-7-15(27-16)10-20-12(2)23)21-19(26-11)22-18(24)13-5-4-6-14(9-13)25-3/h4-9H,10H2,1-3H3,(H,20,23)(H,21,22,24). The van der Waals surface area contributed by atoms with Gasteiger partial charge < -0.3 is 10.1 Å². The van der Waals surface area contributed by atoms with Gasteiger partial charge in [-0.2, -0.15) is 0 Å². The first-order chi connectivity index (χ1) is 13.0. The van der Waals surface area contributed by atoms with Crippen molar-refractivity contribution in [3.8, 4) is 16.3 Å². The van der Waals surface area contributed by atoms with Crippen LogP contribution >= 0.6 is 22.7 Å². The Labute approximate surface area is 165 Å². The van der Waals surface area contributed by atoms with Crippen molar-refractivity contribution in [3.63, 3.8) is 0 Å². The number of benzene rings is 1. The number of anilines is 1. The van der Waals surface area contributed by atoms with E-state index in [4.69, 9.17) is 4.74 Å². The largest absolute Gasteiger partial charge is 0.497 e. The third-order valence-corrected chi connectivity index (χ3v) is 5.73. The molecule has 140 valence electrons. The van der Waals surface area contributed by atoms with Crippen molar-refractivity contribution < 1.29 is 14.3 Å². The van der Waals surface area contributed by atoms with Gasteiger partial charge in [-0.1, -0.05) is 6.07 Å². The van der Waals surface area contributed by atoms with Gasteiger partial charge >= 0.3 is 0 Å². The number of rotatable bonds is 6. The number of hydrogen-bond acceptors (Lipinski definition) is 6. The lowest BCUT2D eigenvalue weighted by atomic mass is 10.2. The van der Waals surface area contributed by atoms with E-state index >= 15 is 0 Å². The predicted octanol–water partition coefficient (Wildman–Crippen LogP) is 4.08. The second-order valence-corrected chi connectivity index (χ2v) is 8.16. The Morgan fingerprint density at radius 2 is 2.00 bits per heavy atom. The molecule has 1 aromatic carbocycles. The molecule has 0 bridgehead atoms. The maximum atomic E-state index is 12.5. The first-order valence-electron chi connectivity index (χ1n) is 8.22. The lowest BCUT2D eigenvalue weighted by Gasteiger charge is -2.04. The fourth-order valence-corrected chi connectivity index (χ4v) is 4.31. The van der Waals surface area contributed by atoms with E-state index in [2.05, 4.69) is 15.6 Å². The monoisotopic (exact) mass is 401 g/mol. The van der Waals surface area contributed by atoms with Gasteiger partial charge in [0.1, 0.15) is 5.75 Å². The van der Waals surface area contributed by atoms with E-state index in [-0.39, 0.29) is 11.8 Å². The quantitative estimate of drug-likeness (QED) is 0.652. The molecule has 8 heteroatoms. The number of nitrogens with zero attached hydrogens (tertiary/aromatic N) is 1. The summed E-state index contributed by atoms with van der Waals surface area (Å²) in [5.41, 5.74) is 1.36. The Balaban J connectivity index is 1.74. The van der Waals surface area contributed by atoms with Crippen molar-refractivity contribution in [2.24, 2.45) is 0 Å². The van der Waals surface area contributed by atoms with Crippen LogP contribution in [0.5, 0.6) is 5.75 Å². The fraction of sp³-hybridized carbons (Fsp3) is 0.211. The zero-order valence-electron chi connectivity index (χ0n) is 15.2. The van der Waals surface area contributed by atoms with Crippen molar-refractivity contribution in [2.75, 3.05) is 12.4 Å². The van der Waals surface area contributed by atoms with Crippen LogP contribution in [0, 0.1) is 6.92 Å². The van der Waals surface area contributed by atoms with Crippen LogP contribution in [-0.2, 0) is 11.3 Å². The van der Waals surface area contributed by atoms with Gasteiger partial charge in [0.15, 0.2) is 5.13 Å². The summed E-state index contributed by atoms with van der Waals surface area (Å²) in [5.74, 6) is 0.341. The van der Waals surface area contributed by atoms with Gasteiger partial charge in [-0.25, -0.2) is 4.98 Å². The van der Waals surface area contributed by atoms with Gasteiger partial charge in [-0.3, -0.25) is 14.9 Å². The van der Waals surface area contributed by atoms with Crippen molar-refractivity contribution >= 4 is 39.6 Å². The minimum atomic E-state index is -0.230. The molecule has 0 saturated heterocycles. The van der Waals surface area contributed by atoms with Gasteiger partial charge in [0, 0.05) is 22.2 Å². The van der Waals surface area contributed by atoms with Crippen LogP contribution in [0.25, 0.3) is 10.6 Å². The normalized spacial score (nSPS) is 10.5. The first-order valence-corrected chi connectivity index (χ1v) is 9.86. The fourth-order valence-electron chi connectivity index (χ4n) is 2.42. The summed E-state index contributed by atoms with van der Waals surface area (Å²) < 4.78 is 5.16. The second kappa shape index (κ2) is 8.32. The highest BCUT2D eigenvalue weighted by Crippen LogP contribution is 2.34. The number of hydrogen-bond donors (Lipinski definition) is 2. The molecule has 27 heavy (non-hydrogen) atoms. The Morgan fingerprint density at radius 1 is 1.19 bits per heavy atom. The third-order valence-electron chi connectivity index (χ3n) is 3.76. The minimum Gasteiger partial charge on any atom is -0.497 e. The molecule has 0 aliphatic rings. The van der Waals surface area contributed by atoms with E-state index in [9.17, 15) is 9.59 Å². The van der Waals surface area contributed by atoms with Gasteiger partial charge in [-0.05, 0) is 37.3 Å². The highest BCUT2D eigenvalue weighted by molar-refractivity contribution is 7.18. The number of nitrogens with one attached hydrogen (secondary N) is 2. The Hall–Kier alpha value is -2.71. The molecule has 0 spiro atoms. The van der Waals surface area contributed by atoms with Crippen molar-refractivity contribution in [2.45, 2.75) is 20.4 Å². The molecule has 2 N–H and O–H groups in total. The lowest BCUT2D eigenvalue weighted by Crippen LogP contribution is -2.17. The second-order valence-electron chi connectivity index (χ2n) is 5.79. The van der Waals surface area contributed by atoms with E-state index < -0.39 is 0 Å². The molecule has 2 aromatic heterocycles. The summed E-state index contributed by atoms with van der Waals surface area (Å²) in [7, 11) is 1.56. The molecule has 0 saturated carbocycles. The molecule has 0 fully saturated rings. The molecule has 3 aromatic rings. The number of methoxy groups -OCH3 is 1. The summed E-state index contributed by atoms with van der Waals surface area (Å²) in [6.07, 6.45) is 0. The summed E-state index contributed by atoms with van der Waals surface area (Å²) in [6.45, 7) is 3.97. The van der Waals surface area contributed by atoms with E-state index in [0.29, 0.717) is 23.0 Å². The number of thiazole rings is 1. The summed E-state index contributed by atoms with van der Waals surface area (Å²) in [6, 6.07) is 10.9. The molecule has 3 rings (SSSR count). The van der Waals surface area contributed by atoms with Crippen LogP contribution in [-0.4, -0.2) is 23.9 Å².